The highest BCUT2D eigenvalue weighted by Gasteiger charge is 1.89. The molecule has 0 amide bonds. The van der Waals surface area contributed by atoms with Gasteiger partial charge in [0.15, 0.2) is 0 Å². The van der Waals surface area contributed by atoms with Gasteiger partial charge >= 0.3 is 0 Å². The summed E-state index contributed by atoms with van der Waals surface area (Å²) >= 11 is 0. The number of allylic oxidation sites excluding steroid dienone is 1. The maximum Gasteiger partial charge on any atom is 0.0873 e. The Morgan fingerprint density at radius 2 is 1.22 bits per heavy atom. The maximum absolute atomic E-state index is 5.48. The first-order valence-electron chi connectivity index (χ1n) is 8.18. The highest BCUT2D eigenvalue weighted by molar-refractivity contribution is 4.73. The molecule has 0 N–H and O–H groups in total. The SMILES string of the molecule is CCCCCCCC/C=C/OCCCCCCC. The molecule has 1 heteroatoms. The summed E-state index contributed by atoms with van der Waals surface area (Å²) in [7, 11) is 0. The van der Waals surface area contributed by atoms with Gasteiger partial charge in [0.05, 0.1) is 12.9 Å². The predicted molar refractivity (Wildman–Crippen MR) is 81.8 cm³/mol. The van der Waals surface area contributed by atoms with Crippen molar-refractivity contribution in [2.75, 3.05) is 6.61 Å². The number of hydrogen-bond acceptors (Lipinski definition) is 1. The molecule has 0 aliphatic rings. The number of rotatable bonds is 14. The van der Waals surface area contributed by atoms with Gasteiger partial charge in [-0.1, -0.05) is 71.6 Å². The van der Waals surface area contributed by atoms with Gasteiger partial charge in [-0.2, -0.15) is 0 Å². The van der Waals surface area contributed by atoms with Gasteiger partial charge in [-0.3, -0.25) is 0 Å². The van der Waals surface area contributed by atoms with E-state index in [1.54, 1.807) is 0 Å². The monoisotopic (exact) mass is 254 g/mol. The number of unbranched alkanes of at least 4 members (excludes halogenated alkanes) is 10. The van der Waals surface area contributed by atoms with Gasteiger partial charge < -0.3 is 4.74 Å². The van der Waals surface area contributed by atoms with Crippen LogP contribution in [0.4, 0.5) is 0 Å². The minimum atomic E-state index is 0.900. The minimum Gasteiger partial charge on any atom is -0.502 e. The van der Waals surface area contributed by atoms with Crippen molar-refractivity contribution in [3.63, 3.8) is 0 Å². The zero-order valence-electron chi connectivity index (χ0n) is 12.8. The van der Waals surface area contributed by atoms with Crippen molar-refractivity contribution in [1.82, 2.24) is 0 Å². The second kappa shape index (κ2) is 16.5. The Morgan fingerprint density at radius 1 is 0.667 bits per heavy atom. The second-order valence-corrected chi connectivity index (χ2v) is 5.21. The summed E-state index contributed by atoms with van der Waals surface area (Å²) in [4.78, 5) is 0. The normalized spacial score (nSPS) is 11.2. The van der Waals surface area contributed by atoms with Crippen LogP contribution in [0.1, 0.15) is 90.9 Å². The molecule has 0 atom stereocenters. The predicted octanol–water partition coefficient (Wildman–Crippen LogP) is 6.24. The van der Waals surface area contributed by atoms with E-state index in [0.29, 0.717) is 0 Å². The lowest BCUT2D eigenvalue weighted by Crippen LogP contribution is -1.87. The van der Waals surface area contributed by atoms with Crippen LogP contribution >= 0.6 is 0 Å². The molecule has 108 valence electrons. The number of hydrogen-bond donors (Lipinski definition) is 0. The molecule has 0 saturated carbocycles. The van der Waals surface area contributed by atoms with Crippen LogP contribution in [0.3, 0.4) is 0 Å². The molecule has 0 spiro atoms. The Kier molecular flexibility index (Phi) is 16.1. The third kappa shape index (κ3) is 15.5. The standard InChI is InChI=1S/C17H34O/c1-3-5-7-9-10-11-13-15-17-18-16-14-12-8-6-4-2/h15,17H,3-14,16H2,1-2H3/b17-15+. The van der Waals surface area contributed by atoms with Crippen LogP contribution in [0.15, 0.2) is 12.3 Å². The molecular weight excluding hydrogens is 220 g/mol. The van der Waals surface area contributed by atoms with Crippen LogP contribution in [0.2, 0.25) is 0 Å². The van der Waals surface area contributed by atoms with E-state index in [1.165, 1.54) is 77.0 Å². The van der Waals surface area contributed by atoms with E-state index in [1.807, 2.05) is 6.26 Å². The first kappa shape index (κ1) is 17.5. The molecule has 0 bridgehead atoms. The zero-order valence-corrected chi connectivity index (χ0v) is 12.8. The fraction of sp³-hybridized carbons (Fsp3) is 0.882. The van der Waals surface area contributed by atoms with Crippen molar-refractivity contribution < 1.29 is 4.74 Å². The molecular formula is C17H34O. The van der Waals surface area contributed by atoms with Gasteiger partial charge in [0.2, 0.25) is 0 Å². The van der Waals surface area contributed by atoms with Gasteiger partial charge in [-0.15, -0.1) is 0 Å². The maximum atomic E-state index is 5.48. The Labute approximate surface area is 115 Å². The summed E-state index contributed by atoms with van der Waals surface area (Å²) < 4.78 is 5.48. The fourth-order valence-corrected chi connectivity index (χ4v) is 2.04. The molecule has 0 aromatic heterocycles. The first-order chi connectivity index (χ1) is 8.91. The Bertz CT molecular complexity index is 145. The van der Waals surface area contributed by atoms with E-state index in [9.17, 15) is 0 Å². The molecule has 0 aromatic rings. The van der Waals surface area contributed by atoms with Crippen LogP contribution in [-0.4, -0.2) is 6.61 Å². The van der Waals surface area contributed by atoms with Crippen molar-refractivity contribution in [3.05, 3.63) is 12.3 Å². The molecule has 0 radical (unpaired) electrons. The second-order valence-electron chi connectivity index (χ2n) is 5.21. The van der Waals surface area contributed by atoms with Crippen LogP contribution in [0.25, 0.3) is 0 Å². The van der Waals surface area contributed by atoms with Gasteiger partial charge in [0.1, 0.15) is 0 Å². The molecule has 18 heavy (non-hydrogen) atoms. The highest BCUT2D eigenvalue weighted by Crippen LogP contribution is 2.07. The van der Waals surface area contributed by atoms with Crippen LogP contribution in [0.5, 0.6) is 0 Å². The van der Waals surface area contributed by atoms with E-state index in [2.05, 4.69) is 19.9 Å². The lowest BCUT2D eigenvalue weighted by molar-refractivity contribution is 0.239. The van der Waals surface area contributed by atoms with E-state index < -0.39 is 0 Å². The summed E-state index contributed by atoms with van der Waals surface area (Å²) in [5.41, 5.74) is 0. The van der Waals surface area contributed by atoms with Crippen molar-refractivity contribution in [3.8, 4) is 0 Å². The topological polar surface area (TPSA) is 9.23 Å². The highest BCUT2D eigenvalue weighted by atomic mass is 16.5. The van der Waals surface area contributed by atoms with Gasteiger partial charge in [0.25, 0.3) is 0 Å². The zero-order chi connectivity index (χ0) is 13.3. The molecule has 0 aliphatic carbocycles. The third-order valence-electron chi connectivity index (χ3n) is 3.28. The van der Waals surface area contributed by atoms with Crippen LogP contribution in [-0.2, 0) is 4.74 Å². The minimum absolute atomic E-state index is 0.900. The van der Waals surface area contributed by atoms with Crippen molar-refractivity contribution in [1.29, 1.82) is 0 Å². The third-order valence-corrected chi connectivity index (χ3v) is 3.28. The smallest absolute Gasteiger partial charge is 0.0873 e. The molecule has 0 aliphatic heterocycles. The Morgan fingerprint density at radius 3 is 1.89 bits per heavy atom. The molecule has 0 fully saturated rings. The van der Waals surface area contributed by atoms with E-state index in [-0.39, 0.29) is 0 Å². The Hall–Kier alpha value is -0.460. The van der Waals surface area contributed by atoms with Crippen LogP contribution in [0, 0.1) is 0 Å². The lowest BCUT2D eigenvalue weighted by atomic mass is 10.1. The molecule has 0 saturated heterocycles. The Balaban J connectivity index is 3.00. The lowest BCUT2D eigenvalue weighted by Gasteiger charge is -2.01. The quantitative estimate of drug-likeness (QED) is 0.263. The first-order valence-corrected chi connectivity index (χ1v) is 8.18. The summed E-state index contributed by atoms with van der Waals surface area (Å²) in [5, 5.41) is 0. The summed E-state index contributed by atoms with van der Waals surface area (Å²) in [6.45, 7) is 5.42. The molecule has 0 unspecified atom stereocenters. The van der Waals surface area contributed by atoms with Crippen molar-refractivity contribution in [2.24, 2.45) is 0 Å². The van der Waals surface area contributed by atoms with E-state index in [4.69, 9.17) is 4.74 Å². The average molecular weight is 254 g/mol. The largest absolute Gasteiger partial charge is 0.502 e. The van der Waals surface area contributed by atoms with Crippen molar-refractivity contribution in [2.45, 2.75) is 90.9 Å². The summed E-state index contributed by atoms with van der Waals surface area (Å²) in [6, 6.07) is 0. The van der Waals surface area contributed by atoms with Gasteiger partial charge in [-0.25, -0.2) is 0 Å². The number of ether oxygens (including phenoxy) is 1. The summed E-state index contributed by atoms with van der Waals surface area (Å²) in [6.07, 6.45) is 20.1. The molecule has 0 aromatic carbocycles. The average Bonchev–Trinajstić information content (AvgIpc) is 2.39. The fourth-order valence-electron chi connectivity index (χ4n) is 2.04. The molecule has 0 rings (SSSR count). The van der Waals surface area contributed by atoms with Crippen molar-refractivity contribution >= 4 is 0 Å². The molecule has 1 nitrogen and oxygen atoms in total. The van der Waals surface area contributed by atoms with E-state index >= 15 is 0 Å². The van der Waals surface area contributed by atoms with Gasteiger partial charge in [0, 0.05) is 0 Å². The summed E-state index contributed by atoms with van der Waals surface area (Å²) in [5.74, 6) is 0. The van der Waals surface area contributed by atoms with Crippen LogP contribution < -0.4 is 0 Å². The van der Waals surface area contributed by atoms with E-state index in [0.717, 1.165) is 6.61 Å². The molecule has 0 heterocycles. The van der Waals surface area contributed by atoms with Gasteiger partial charge in [-0.05, 0) is 25.3 Å².